The molecular weight excluding hydrogens is 312 g/mol. The Balaban J connectivity index is 2.24. The summed E-state index contributed by atoms with van der Waals surface area (Å²) in [5, 5.41) is 8.98. The van der Waals surface area contributed by atoms with Crippen LogP contribution in [0.5, 0.6) is 0 Å². The van der Waals surface area contributed by atoms with Gasteiger partial charge in [0.25, 0.3) is 0 Å². The number of rotatable bonds is 2. The lowest BCUT2D eigenvalue weighted by Gasteiger charge is -1.97. The van der Waals surface area contributed by atoms with E-state index in [4.69, 9.17) is 16.9 Å². The summed E-state index contributed by atoms with van der Waals surface area (Å²) in [6.45, 7) is 0. The first kappa shape index (κ1) is 12.8. The van der Waals surface area contributed by atoms with Crippen LogP contribution < -0.4 is 0 Å². The Labute approximate surface area is 119 Å². The monoisotopic (exact) mass is 318 g/mol. The lowest BCUT2D eigenvalue weighted by atomic mass is 10.2. The molecule has 0 aliphatic heterocycles. The molecule has 0 aliphatic rings. The van der Waals surface area contributed by atoms with Gasteiger partial charge in [-0.3, -0.25) is 0 Å². The first-order chi connectivity index (χ1) is 8.69. The van der Waals surface area contributed by atoms with E-state index in [1.54, 1.807) is 12.1 Å². The predicted octanol–water partition coefficient (Wildman–Crippen LogP) is 4.54. The minimum atomic E-state index is 0.230. The van der Waals surface area contributed by atoms with Crippen molar-refractivity contribution < 1.29 is 0 Å². The highest BCUT2D eigenvalue weighted by molar-refractivity contribution is 9.10. The lowest BCUT2D eigenvalue weighted by molar-refractivity contribution is 1.27. The highest BCUT2D eigenvalue weighted by Gasteiger charge is 2.00. The van der Waals surface area contributed by atoms with Crippen molar-refractivity contribution in [3.8, 4) is 6.07 Å². The largest absolute Gasteiger partial charge is 0.235 e. The molecule has 0 radical (unpaired) electrons. The Kier molecular flexibility index (Phi) is 4.14. The molecule has 1 aromatic heterocycles. The van der Waals surface area contributed by atoms with Crippen LogP contribution in [0.2, 0.25) is 5.15 Å². The number of halogens is 2. The molecule has 2 nitrogen and oxygen atoms in total. The summed E-state index contributed by atoms with van der Waals surface area (Å²) in [4.78, 5) is 4.13. The molecule has 4 heteroatoms. The summed E-state index contributed by atoms with van der Waals surface area (Å²) < 4.78 is 1.02. The van der Waals surface area contributed by atoms with Gasteiger partial charge in [0.2, 0.25) is 0 Å². The molecule has 0 bridgehead atoms. The number of pyridine rings is 1. The van der Waals surface area contributed by atoms with Crippen LogP contribution in [-0.2, 0) is 0 Å². The summed E-state index contributed by atoms with van der Waals surface area (Å²) >= 11 is 9.27. The molecule has 1 heterocycles. The van der Waals surface area contributed by atoms with Crippen LogP contribution in [0.3, 0.4) is 0 Å². The van der Waals surface area contributed by atoms with E-state index in [1.165, 1.54) is 0 Å². The Morgan fingerprint density at radius 3 is 2.72 bits per heavy atom. The second kappa shape index (κ2) is 5.81. The second-order valence-corrected chi connectivity index (χ2v) is 4.85. The van der Waals surface area contributed by atoms with Crippen LogP contribution in [0.25, 0.3) is 12.2 Å². The normalized spacial score (nSPS) is 10.5. The fourth-order valence-corrected chi connectivity index (χ4v) is 2.04. The molecule has 1 aromatic carbocycles. The van der Waals surface area contributed by atoms with Gasteiger partial charge in [0.05, 0.1) is 11.3 Å². The van der Waals surface area contributed by atoms with Gasteiger partial charge in [0, 0.05) is 4.47 Å². The molecule has 0 saturated heterocycles. The number of hydrogen-bond acceptors (Lipinski definition) is 2. The molecule has 0 saturated carbocycles. The minimum Gasteiger partial charge on any atom is -0.235 e. The van der Waals surface area contributed by atoms with Crippen molar-refractivity contribution in [2.75, 3.05) is 0 Å². The number of nitriles is 1. The van der Waals surface area contributed by atoms with Crippen molar-refractivity contribution in [1.82, 2.24) is 4.98 Å². The van der Waals surface area contributed by atoms with Crippen LogP contribution >= 0.6 is 27.5 Å². The maximum Gasteiger partial charge on any atom is 0.147 e. The van der Waals surface area contributed by atoms with Crippen LogP contribution in [-0.4, -0.2) is 4.98 Å². The summed E-state index contributed by atoms with van der Waals surface area (Å²) in [5.41, 5.74) is 2.17. The van der Waals surface area contributed by atoms with E-state index < -0.39 is 0 Å². The Morgan fingerprint density at radius 2 is 2.06 bits per heavy atom. The molecule has 0 fully saturated rings. The van der Waals surface area contributed by atoms with E-state index in [0.29, 0.717) is 5.56 Å². The fraction of sp³-hybridized carbons (Fsp3) is 0. The molecule has 0 unspecified atom stereocenters. The average Bonchev–Trinajstić information content (AvgIpc) is 2.37. The molecule has 0 amide bonds. The maximum absolute atomic E-state index is 8.75. The SMILES string of the molecule is N#Cc1ccc(C=Cc2cccc(Br)c2)nc1Cl. The Hall–Kier alpha value is -1.63. The van der Waals surface area contributed by atoms with Gasteiger partial charge in [0.15, 0.2) is 0 Å². The van der Waals surface area contributed by atoms with Crippen molar-refractivity contribution in [3.63, 3.8) is 0 Å². The van der Waals surface area contributed by atoms with Gasteiger partial charge in [-0.25, -0.2) is 4.98 Å². The third kappa shape index (κ3) is 3.19. The van der Waals surface area contributed by atoms with Crippen molar-refractivity contribution >= 4 is 39.7 Å². The van der Waals surface area contributed by atoms with Gasteiger partial charge in [-0.05, 0) is 35.9 Å². The van der Waals surface area contributed by atoms with Crippen LogP contribution in [0.1, 0.15) is 16.8 Å². The van der Waals surface area contributed by atoms with Gasteiger partial charge in [0.1, 0.15) is 11.2 Å². The molecule has 88 valence electrons. The van der Waals surface area contributed by atoms with Crippen LogP contribution in [0, 0.1) is 11.3 Å². The van der Waals surface area contributed by atoms with Crippen molar-refractivity contribution in [3.05, 3.63) is 62.8 Å². The average molecular weight is 320 g/mol. The summed E-state index contributed by atoms with van der Waals surface area (Å²) in [5.74, 6) is 0. The molecule has 2 aromatic rings. The molecule has 0 atom stereocenters. The zero-order chi connectivity index (χ0) is 13.0. The maximum atomic E-state index is 8.75. The number of nitrogens with zero attached hydrogens (tertiary/aromatic N) is 2. The molecule has 0 spiro atoms. The molecule has 18 heavy (non-hydrogen) atoms. The topological polar surface area (TPSA) is 36.7 Å². The van der Waals surface area contributed by atoms with E-state index in [1.807, 2.05) is 42.5 Å². The summed E-state index contributed by atoms with van der Waals surface area (Å²) in [6.07, 6.45) is 3.80. The van der Waals surface area contributed by atoms with E-state index in [0.717, 1.165) is 15.7 Å². The van der Waals surface area contributed by atoms with Crippen molar-refractivity contribution in [1.29, 1.82) is 5.26 Å². The number of aromatic nitrogens is 1. The van der Waals surface area contributed by atoms with Crippen LogP contribution in [0.15, 0.2) is 40.9 Å². The van der Waals surface area contributed by atoms with Gasteiger partial charge < -0.3 is 0 Å². The fourth-order valence-electron chi connectivity index (χ4n) is 1.42. The lowest BCUT2D eigenvalue weighted by Crippen LogP contribution is -1.85. The predicted molar refractivity (Wildman–Crippen MR) is 77.0 cm³/mol. The summed E-state index contributed by atoms with van der Waals surface area (Å²) in [7, 11) is 0. The zero-order valence-corrected chi connectivity index (χ0v) is 11.6. The Morgan fingerprint density at radius 1 is 1.22 bits per heavy atom. The van der Waals surface area contributed by atoms with Gasteiger partial charge in [-0.15, -0.1) is 0 Å². The third-order valence-corrected chi connectivity index (χ3v) is 3.07. The first-order valence-electron chi connectivity index (χ1n) is 5.19. The smallest absolute Gasteiger partial charge is 0.147 e. The van der Waals surface area contributed by atoms with Gasteiger partial charge in [-0.2, -0.15) is 5.26 Å². The first-order valence-corrected chi connectivity index (χ1v) is 6.36. The highest BCUT2D eigenvalue weighted by atomic mass is 79.9. The minimum absolute atomic E-state index is 0.230. The summed E-state index contributed by atoms with van der Waals surface area (Å²) in [6, 6.07) is 13.3. The molecule has 0 aliphatic carbocycles. The van der Waals surface area contributed by atoms with Crippen molar-refractivity contribution in [2.45, 2.75) is 0 Å². The van der Waals surface area contributed by atoms with Gasteiger partial charge >= 0.3 is 0 Å². The van der Waals surface area contributed by atoms with Crippen molar-refractivity contribution in [2.24, 2.45) is 0 Å². The zero-order valence-electron chi connectivity index (χ0n) is 9.27. The van der Waals surface area contributed by atoms with E-state index >= 15 is 0 Å². The van der Waals surface area contributed by atoms with E-state index in [9.17, 15) is 0 Å². The molecule has 2 rings (SSSR count). The third-order valence-electron chi connectivity index (χ3n) is 2.29. The number of hydrogen-bond donors (Lipinski definition) is 0. The second-order valence-electron chi connectivity index (χ2n) is 3.57. The molecule has 0 N–H and O–H groups in total. The molecular formula is C14H8BrClN2. The van der Waals surface area contributed by atoms with E-state index in [2.05, 4.69) is 20.9 Å². The van der Waals surface area contributed by atoms with E-state index in [-0.39, 0.29) is 5.15 Å². The van der Waals surface area contributed by atoms with Gasteiger partial charge in [-0.1, -0.05) is 45.7 Å². The Bertz CT molecular complexity index is 644. The highest BCUT2D eigenvalue weighted by Crippen LogP contribution is 2.16. The number of benzene rings is 1. The van der Waals surface area contributed by atoms with Crippen LogP contribution in [0.4, 0.5) is 0 Å². The standard InChI is InChI=1S/C14H8BrClN2/c15-12-3-1-2-10(8-12)4-6-13-7-5-11(9-17)14(16)18-13/h1-8H. The quantitative estimate of drug-likeness (QED) is 0.762.